The highest BCUT2D eigenvalue weighted by Gasteiger charge is 2.14. The lowest BCUT2D eigenvalue weighted by Gasteiger charge is -2.20. The van der Waals surface area contributed by atoms with Crippen LogP contribution in [0.4, 0.5) is 4.79 Å². The second kappa shape index (κ2) is 9.10. The largest absolute Gasteiger partial charge is 0.497 e. The molecule has 0 bridgehead atoms. The van der Waals surface area contributed by atoms with Gasteiger partial charge in [-0.3, -0.25) is 4.90 Å². The highest BCUT2D eigenvalue weighted by atomic mass is 32.2. The van der Waals surface area contributed by atoms with Crippen molar-refractivity contribution < 1.29 is 14.3 Å². The zero-order valence-corrected chi connectivity index (χ0v) is 14.2. The normalized spacial score (nSPS) is 10.2. The third-order valence-electron chi connectivity index (χ3n) is 3.39. The average Bonchev–Trinajstić information content (AvgIpc) is 2.62. The van der Waals surface area contributed by atoms with Gasteiger partial charge in [0.15, 0.2) is 0 Å². The van der Waals surface area contributed by atoms with Gasteiger partial charge in [0.05, 0.1) is 20.1 Å². The molecular weight excluding hydrogens is 310 g/mol. The second-order valence-corrected chi connectivity index (χ2v) is 5.94. The van der Waals surface area contributed by atoms with E-state index in [-0.39, 0.29) is 6.09 Å². The summed E-state index contributed by atoms with van der Waals surface area (Å²) in [7, 11) is 3.06. The van der Waals surface area contributed by atoms with Crippen LogP contribution in [0.3, 0.4) is 0 Å². The van der Waals surface area contributed by atoms with Gasteiger partial charge in [0.1, 0.15) is 5.75 Å². The minimum absolute atomic E-state index is 0.304. The molecular formula is C18H21NO3S. The fourth-order valence-electron chi connectivity index (χ4n) is 2.07. The molecule has 0 heterocycles. The molecule has 0 fully saturated rings. The first-order valence-corrected chi connectivity index (χ1v) is 8.35. The van der Waals surface area contributed by atoms with Gasteiger partial charge in [0.2, 0.25) is 0 Å². The van der Waals surface area contributed by atoms with Gasteiger partial charge in [-0.1, -0.05) is 30.3 Å². The molecule has 0 radical (unpaired) electrons. The molecule has 2 rings (SSSR count). The number of rotatable bonds is 7. The van der Waals surface area contributed by atoms with Gasteiger partial charge < -0.3 is 9.47 Å². The molecule has 0 unspecified atom stereocenters. The van der Waals surface area contributed by atoms with Crippen LogP contribution in [0.25, 0.3) is 0 Å². The summed E-state index contributed by atoms with van der Waals surface area (Å²) in [6.45, 7) is 0.625. The monoisotopic (exact) mass is 331 g/mol. The number of methoxy groups -OCH3 is 2. The smallest absolute Gasteiger partial charge is 0.410 e. The number of nitrogens with zero attached hydrogens (tertiary/aromatic N) is 1. The minimum atomic E-state index is -0.304. The van der Waals surface area contributed by atoms with E-state index in [4.69, 9.17) is 9.47 Å². The number of benzene rings is 2. The van der Waals surface area contributed by atoms with Gasteiger partial charge in [-0.15, -0.1) is 11.8 Å². The van der Waals surface area contributed by atoms with Crippen LogP contribution in [0.1, 0.15) is 5.56 Å². The van der Waals surface area contributed by atoms with Crippen LogP contribution >= 0.6 is 11.8 Å². The van der Waals surface area contributed by atoms with E-state index in [0.29, 0.717) is 12.4 Å². The third-order valence-corrected chi connectivity index (χ3v) is 4.44. The molecule has 0 aliphatic carbocycles. The van der Waals surface area contributed by atoms with Gasteiger partial charge >= 0.3 is 6.09 Å². The van der Waals surface area contributed by atoms with Gasteiger partial charge in [-0.05, 0) is 36.2 Å². The molecule has 4 nitrogen and oxygen atoms in total. The van der Waals surface area contributed by atoms with Gasteiger partial charge in [-0.25, -0.2) is 4.79 Å². The van der Waals surface area contributed by atoms with E-state index < -0.39 is 0 Å². The van der Waals surface area contributed by atoms with Crippen LogP contribution in [0, 0.1) is 0 Å². The first kappa shape index (κ1) is 17.2. The molecule has 23 heavy (non-hydrogen) atoms. The number of ether oxygens (including phenoxy) is 2. The van der Waals surface area contributed by atoms with E-state index >= 15 is 0 Å². The lowest BCUT2D eigenvalue weighted by Crippen LogP contribution is -2.32. The average molecular weight is 331 g/mol. The van der Waals surface area contributed by atoms with Crippen molar-refractivity contribution in [3.05, 3.63) is 60.2 Å². The van der Waals surface area contributed by atoms with E-state index in [2.05, 4.69) is 12.1 Å². The summed E-state index contributed by atoms with van der Waals surface area (Å²) in [5.41, 5.74) is 1.20. The van der Waals surface area contributed by atoms with E-state index in [1.807, 2.05) is 42.5 Å². The molecule has 122 valence electrons. The predicted molar refractivity (Wildman–Crippen MR) is 93.0 cm³/mol. The summed E-state index contributed by atoms with van der Waals surface area (Å²) in [6.07, 6.45) is 0.501. The Kier molecular flexibility index (Phi) is 6.81. The Hall–Kier alpha value is -2.14. The zero-order valence-electron chi connectivity index (χ0n) is 13.4. The van der Waals surface area contributed by atoms with Crippen LogP contribution in [0.2, 0.25) is 0 Å². The summed E-state index contributed by atoms with van der Waals surface area (Å²) in [5, 5.41) is 0. The number of hydrogen-bond donors (Lipinski definition) is 0. The summed E-state index contributed by atoms with van der Waals surface area (Å²) < 4.78 is 10.0. The summed E-state index contributed by atoms with van der Waals surface area (Å²) in [6, 6.07) is 17.9. The Balaban J connectivity index is 1.91. The fraction of sp³-hybridized carbons (Fsp3) is 0.278. The number of hydrogen-bond acceptors (Lipinski definition) is 4. The number of carbonyl (C=O) groups excluding carboxylic acids is 1. The molecule has 0 spiro atoms. The summed E-state index contributed by atoms with van der Waals surface area (Å²) >= 11 is 1.60. The number of thioether (sulfide) groups is 1. The number of amides is 1. The molecule has 2 aromatic carbocycles. The van der Waals surface area contributed by atoms with Crippen LogP contribution in [0.15, 0.2) is 59.5 Å². The SMILES string of the molecule is COC(=O)N(CCc1ccccc1)CSc1ccc(OC)cc1. The molecule has 2 aromatic rings. The molecule has 1 amide bonds. The summed E-state index contributed by atoms with van der Waals surface area (Å²) in [4.78, 5) is 14.7. The predicted octanol–water partition coefficient (Wildman–Crippen LogP) is 4.06. The third kappa shape index (κ3) is 5.53. The fourth-order valence-corrected chi connectivity index (χ4v) is 2.94. The van der Waals surface area contributed by atoms with Crippen LogP contribution in [0.5, 0.6) is 5.75 Å². The zero-order chi connectivity index (χ0) is 16.5. The maximum atomic E-state index is 11.9. The molecule has 0 atom stereocenters. The molecule has 5 heteroatoms. The second-order valence-electron chi connectivity index (χ2n) is 4.92. The van der Waals surface area contributed by atoms with Crippen molar-refractivity contribution in [2.45, 2.75) is 11.3 Å². The molecule has 0 saturated heterocycles. The van der Waals surface area contributed by atoms with Crippen LogP contribution < -0.4 is 4.74 Å². The van der Waals surface area contributed by atoms with Gasteiger partial charge in [0.25, 0.3) is 0 Å². The van der Waals surface area contributed by atoms with E-state index in [0.717, 1.165) is 17.1 Å². The van der Waals surface area contributed by atoms with Gasteiger partial charge in [0, 0.05) is 11.4 Å². The van der Waals surface area contributed by atoms with E-state index in [1.165, 1.54) is 12.7 Å². The van der Waals surface area contributed by atoms with Crippen molar-refractivity contribution in [1.82, 2.24) is 4.90 Å². The lowest BCUT2D eigenvalue weighted by atomic mass is 10.1. The Morgan fingerprint density at radius 2 is 1.74 bits per heavy atom. The van der Waals surface area contributed by atoms with Crippen molar-refractivity contribution in [3.63, 3.8) is 0 Å². The highest BCUT2D eigenvalue weighted by molar-refractivity contribution is 7.99. The minimum Gasteiger partial charge on any atom is -0.497 e. The maximum Gasteiger partial charge on any atom is 0.410 e. The molecule has 0 aliphatic heterocycles. The molecule has 0 saturated carbocycles. The highest BCUT2D eigenvalue weighted by Crippen LogP contribution is 2.22. The Morgan fingerprint density at radius 3 is 2.35 bits per heavy atom. The van der Waals surface area contributed by atoms with Crippen molar-refractivity contribution in [3.8, 4) is 5.75 Å². The van der Waals surface area contributed by atoms with Crippen LogP contribution in [-0.4, -0.2) is 37.6 Å². The molecule has 0 aromatic heterocycles. The van der Waals surface area contributed by atoms with Crippen molar-refractivity contribution >= 4 is 17.9 Å². The van der Waals surface area contributed by atoms with Crippen molar-refractivity contribution in [2.24, 2.45) is 0 Å². The van der Waals surface area contributed by atoms with E-state index in [1.54, 1.807) is 23.8 Å². The Morgan fingerprint density at radius 1 is 1.04 bits per heavy atom. The first-order chi connectivity index (χ1) is 11.2. The first-order valence-electron chi connectivity index (χ1n) is 7.36. The van der Waals surface area contributed by atoms with Crippen LogP contribution in [-0.2, 0) is 11.2 Å². The molecule has 0 N–H and O–H groups in total. The topological polar surface area (TPSA) is 38.8 Å². The maximum absolute atomic E-state index is 11.9. The number of carbonyl (C=O) groups is 1. The quantitative estimate of drug-likeness (QED) is 0.566. The summed E-state index contributed by atoms with van der Waals surface area (Å²) in [5.74, 6) is 1.37. The Labute approximate surface area is 141 Å². The van der Waals surface area contributed by atoms with E-state index in [9.17, 15) is 4.79 Å². The standard InChI is InChI=1S/C18H21NO3S/c1-21-16-8-10-17(11-9-16)23-14-19(18(20)22-2)13-12-15-6-4-3-5-7-15/h3-11H,12-14H2,1-2H3. The molecule has 0 aliphatic rings. The van der Waals surface area contributed by atoms with Gasteiger partial charge in [-0.2, -0.15) is 0 Å². The van der Waals surface area contributed by atoms with Crippen molar-refractivity contribution in [2.75, 3.05) is 26.6 Å². The Bertz CT molecular complexity index is 601. The van der Waals surface area contributed by atoms with Crippen molar-refractivity contribution in [1.29, 1.82) is 0 Å². The lowest BCUT2D eigenvalue weighted by molar-refractivity contribution is 0.131.